The summed E-state index contributed by atoms with van der Waals surface area (Å²) in [6.07, 6.45) is 3.28. The maximum atomic E-state index is 5.77. The van der Waals surface area contributed by atoms with E-state index in [2.05, 4.69) is 37.9 Å². The van der Waals surface area contributed by atoms with Crippen molar-refractivity contribution in [3.05, 3.63) is 16.1 Å². The summed E-state index contributed by atoms with van der Waals surface area (Å²) >= 11 is 7.95. The minimum absolute atomic E-state index is 0.107. The van der Waals surface area contributed by atoms with Crippen molar-refractivity contribution < 1.29 is 0 Å². The largest absolute Gasteiger partial charge is 0.368 e. The van der Waals surface area contributed by atoms with Gasteiger partial charge in [0.2, 0.25) is 0 Å². The van der Waals surface area contributed by atoms with Crippen LogP contribution in [0, 0.1) is 3.57 Å². The summed E-state index contributed by atoms with van der Waals surface area (Å²) in [6.45, 7) is 2.65. The number of hydrogen-bond acceptors (Lipinski definition) is 3. The Hall–Kier alpha value is -0.100. The first-order valence-corrected chi connectivity index (χ1v) is 5.05. The smallest absolute Gasteiger partial charge is 0.142 e. The van der Waals surface area contributed by atoms with E-state index >= 15 is 0 Å². The zero-order chi connectivity index (χ0) is 8.97. The first-order chi connectivity index (χ1) is 5.70. The van der Waals surface area contributed by atoms with E-state index in [0.29, 0.717) is 6.54 Å². The molecule has 0 aliphatic carbocycles. The molecule has 0 radical (unpaired) electrons. The molecule has 1 N–H and O–H groups in total. The van der Waals surface area contributed by atoms with Crippen LogP contribution in [-0.2, 0) is 0 Å². The fourth-order valence-corrected chi connectivity index (χ4v) is 1.25. The number of hydrogen-bond donors (Lipinski definition) is 1. The van der Waals surface area contributed by atoms with Crippen LogP contribution in [0.4, 0.5) is 5.82 Å². The van der Waals surface area contributed by atoms with E-state index < -0.39 is 0 Å². The van der Waals surface area contributed by atoms with Gasteiger partial charge in [-0.2, -0.15) is 0 Å². The molecule has 0 fully saturated rings. The number of halogens is 2. The first-order valence-electron chi connectivity index (χ1n) is 3.53. The van der Waals surface area contributed by atoms with Gasteiger partial charge in [-0.05, 0) is 29.5 Å². The Labute approximate surface area is 90.1 Å². The molecule has 5 heteroatoms. The number of nitrogens with one attached hydrogen (secondary N) is 1. The van der Waals surface area contributed by atoms with Crippen LogP contribution in [0.5, 0.6) is 0 Å². The highest BCUT2D eigenvalue weighted by molar-refractivity contribution is 14.1. The zero-order valence-corrected chi connectivity index (χ0v) is 9.50. The van der Waals surface area contributed by atoms with Gasteiger partial charge in [0.1, 0.15) is 12.1 Å². The maximum absolute atomic E-state index is 5.77. The molecule has 0 saturated heterocycles. The summed E-state index contributed by atoms with van der Waals surface area (Å²) in [5.41, 5.74) is 0. The molecule has 12 heavy (non-hydrogen) atoms. The monoisotopic (exact) mass is 297 g/mol. The third-order valence-electron chi connectivity index (χ3n) is 1.22. The van der Waals surface area contributed by atoms with Gasteiger partial charge in [0.15, 0.2) is 0 Å². The third kappa shape index (κ3) is 3.10. The van der Waals surface area contributed by atoms with Crippen LogP contribution in [0.3, 0.4) is 0 Å². The van der Waals surface area contributed by atoms with E-state index in [4.69, 9.17) is 11.6 Å². The van der Waals surface area contributed by atoms with E-state index in [-0.39, 0.29) is 5.38 Å². The van der Waals surface area contributed by atoms with Crippen LogP contribution in [0.2, 0.25) is 0 Å². The predicted octanol–water partition coefficient (Wildman–Crippen LogP) is 2.12. The van der Waals surface area contributed by atoms with Gasteiger partial charge in [-0.3, -0.25) is 0 Å². The number of anilines is 1. The average Bonchev–Trinajstić information content (AvgIpc) is 2.03. The highest BCUT2D eigenvalue weighted by Crippen LogP contribution is 2.12. The summed E-state index contributed by atoms with van der Waals surface area (Å²) in [7, 11) is 0. The van der Waals surface area contributed by atoms with Gasteiger partial charge in [-0.25, -0.2) is 9.97 Å². The number of alkyl halides is 1. The lowest BCUT2D eigenvalue weighted by Gasteiger charge is -2.07. The van der Waals surface area contributed by atoms with Crippen LogP contribution in [0.25, 0.3) is 0 Å². The molecule has 0 aliphatic heterocycles. The summed E-state index contributed by atoms with van der Waals surface area (Å²) < 4.78 is 1.01. The lowest BCUT2D eigenvalue weighted by Crippen LogP contribution is -2.12. The fraction of sp³-hybridized carbons (Fsp3) is 0.429. The van der Waals surface area contributed by atoms with Gasteiger partial charge < -0.3 is 5.32 Å². The predicted molar refractivity (Wildman–Crippen MR) is 58.6 cm³/mol. The summed E-state index contributed by atoms with van der Waals surface area (Å²) in [6, 6.07) is 0. The quantitative estimate of drug-likeness (QED) is 0.686. The average molecular weight is 298 g/mol. The molecule has 1 aromatic heterocycles. The summed E-state index contributed by atoms with van der Waals surface area (Å²) in [5, 5.41) is 3.23. The van der Waals surface area contributed by atoms with Gasteiger partial charge >= 0.3 is 0 Å². The van der Waals surface area contributed by atoms with Gasteiger partial charge in [0.25, 0.3) is 0 Å². The van der Waals surface area contributed by atoms with Crippen molar-refractivity contribution >= 4 is 40.0 Å². The number of aromatic nitrogens is 2. The van der Waals surface area contributed by atoms with E-state index in [1.165, 1.54) is 6.33 Å². The Balaban J connectivity index is 2.57. The molecule has 66 valence electrons. The van der Waals surface area contributed by atoms with Crippen molar-refractivity contribution in [2.24, 2.45) is 0 Å². The Kier molecular flexibility index (Phi) is 4.00. The van der Waals surface area contributed by atoms with Crippen molar-refractivity contribution in [2.45, 2.75) is 12.3 Å². The van der Waals surface area contributed by atoms with Gasteiger partial charge in [0.05, 0.1) is 3.57 Å². The zero-order valence-electron chi connectivity index (χ0n) is 6.59. The maximum Gasteiger partial charge on any atom is 0.142 e. The molecule has 3 nitrogen and oxygen atoms in total. The molecule has 1 rings (SSSR count). The second kappa shape index (κ2) is 4.81. The van der Waals surface area contributed by atoms with Crippen molar-refractivity contribution in [3.8, 4) is 0 Å². The molecular formula is C7H9ClIN3. The van der Waals surface area contributed by atoms with Crippen LogP contribution in [0.15, 0.2) is 12.5 Å². The van der Waals surface area contributed by atoms with Gasteiger partial charge in [-0.1, -0.05) is 0 Å². The van der Waals surface area contributed by atoms with E-state index in [9.17, 15) is 0 Å². The van der Waals surface area contributed by atoms with Gasteiger partial charge in [-0.15, -0.1) is 11.6 Å². The molecular weight excluding hydrogens is 288 g/mol. The van der Waals surface area contributed by atoms with Crippen molar-refractivity contribution in [1.29, 1.82) is 0 Å². The van der Waals surface area contributed by atoms with Crippen LogP contribution >= 0.6 is 34.2 Å². The molecule has 1 heterocycles. The molecule has 0 aliphatic rings. The van der Waals surface area contributed by atoms with Crippen LogP contribution < -0.4 is 5.32 Å². The molecule has 0 amide bonds. The molecule has 0 bridgehead atoms. The lowest BCUT2D eigenvalue weighted by molar-refractivity contribution is 0.969. The molecule has 0 saturated carbocycles. The van der Waals surface area contributed by atoms with Gasteiger partial charge in [0, 0.05) is 18.1 Å². The van der Waals surface area contributed by atoms with Crippen LogP contribution in [-0.4, -0.2) is 21.9 Å². The van der Waals surface area contributed by atoms with E-state index in [1.54, 1.807) is 6.20 Å². The standard InChI is InChI=1S/C7H9ClIN3/c1-5(8)2-11-7-6(9)3-10-4-12-7/h3-5H,2H2,1H3,(H,10,11,12). The molecule has 1 unspecified atom stereocenters. The van der Waals surface area contributed by atoms with Crippen LogP contribution in [0.1, 0.15) is 6.92 Å². The number of rotatable bonds is 3. The normalized spacial score (nSPS) is 12.6. The minimum atomic E-state index is 0.107. The highest BCUT2D eigenvalue weighted by atomic mass is 127. The lowest BCUT2D eigenvalue weighted by atomic mass is 10.4. The van der Waals surface area contributed by atoms with Crippen molar-refractivity contribution in [2.75, 3.05) is 11.9 Å². The molecule has 0 spiro atoms. The van der Waals surface area contributed by atoms with E-state index in [0.717, 1.165) is 9.39 Å². The topological polar surface area (TPSA) is 37.8 Å². The Bertz CT molecular complexity index is 254. The van der Waals surface area contributed by atoms with Crippen molar-refractivity contribution in [1.82, 2.24) is 9.97 Å². The summed E-state index contributed by atoms with van der Waals surface area (Å²) in [5.74, 6) is 0.845. The second-order valence-electron chi connectivity index (χ2n) is 2.38. The minimum Gasteiger partial charge on any atom is -0.368 e. The second-order valence-corrected chi connectivity index (χ2v) is 4.29. The molecule has 1 atom stereocenters. The third-order valence-corrected chi connectivity index (χ3v) is 2.16. The SMILES string of the molecule is CC(Cl)CNc1ncncc1I. The first kappa shape index (κ1) is 9.98. The highest BCUT2D eigenvalue weighted by Gasteiger charge is 2.00. The number of nitrogens with zero attached hydrogens (tertiary/aromatic N) is 2. The van der Waals surface area contributed by atoms with E-state index in [1.807, 2.05) is 6.92 Å². The Morgan fingerprint density at radius 1 is 1.75 bits per heavy atom. The molecule has 0 aromatic carbocycles. The fourth-order valence-electron chi connectivity index (χ4n) is 0.680. The summed E-state index contributed by atoms with van der Waals surface area (Å²) in [4.78, 5) is 7.94. The molecule has 1 aromatic rings. The Morgan fingerprint density at radius 2 is 2.50 bits per heavy atom. The Morgan fingerprint density at radius 3 is 3.08 bits per heavy atom. The van der Waals surface area contributed by atoms with Crippen molar-refractivity contribution in [3.63, 3.8) is 0 Å².